The van der Waals surface area contributed by atoms with Crippen LogP contribution < -0.4 is 14.4 Å². The molecule has 0 saturated heterocycles. The molecule has 0 bridgehead atoms. The lowest BCUT2D eigenvalue weighted by atomic mass is 10.0. The number of rotatable bonds is 15. The van der Waals surface area contributed by atoms with Crippen LogP contribution in [0.3, 0.4) is 0 Å². The molecule has 1 unspecified atom stereocenters. The molecule has 0 radical (unpaired) electrons. The van der Waals surface area contributed by atoms with Gasteiger partial charge in [0.2, 0.25) is 11.8 Å². The first-order valence-electron chi connectivity index (χ1n) is 14.9. The molecular weight excluding hydrogens is 645 g/mol. The smallest absolute Gasteiger partial charge is 0.264 e. The van der Waals surface area contributed by atoms with Crippen molar-refractivity contribution < 1.29 is 22.7 Å². The largest absolute Gasteiger partial charge is 0.497 e. The Hall–Kier alpha value is -4.05. The Balaban J connectivity index is 1.82. The number of unbranched alkanes of at least 4 members (excludes halogenated alkanes) is 1. The average Bonchev–Trinajstić information content (AvgIpc) is 3.07. The SMILES string of the molecule is CCCCNC(=O)C(Cc1ccccc1)N(Cc1cccc(OC)c1)C(=O)CN(c1cccc(Cl)c1Cl)S(=O)(=O)c1ccccc1. The third-order valence-corrected chi connectivity index (χ3v) is 9.98. The van der Waals surface area contributed by atoms with E-state index in [0.717, 1.165) is 22.7 Å². The number of amides is 2. The first-order chi connectivity index (χ1) is 22.1. The Labute approximate surface area is 280 Å². The third kappa shape index (κ3) is 8.81. The Bertz CT molecular complexity index is 1720. The summed E-state index contributed by atoms with van der Waals surface area (Å²) in [5.41, 5.74) is 1.58. The summed E-state index contributed by atoms with van der Waals surface area (Å²) in [5.74, 6) is -0.368. The number of benzene rings is 4. The van der Waals surface area contributed by atoms with Gasteiger partial charge in [-0.25, -0.2) is 8.42 Å². The highest BCUT2D eigenvalue weighted by atomic mass is 35.5. The number of anilines is 1. The highest BCUT2D eigenvalue weighted by Crippen LogP contribution is 2.35. The fourth-order valence-electron chi connectivity index (χ4n) is 4.95. The molecule has 4 aromatic rings. The number of carbonyl (C=O) groups excluding carboxylic acids is 2. The minimum absolute atomic E-state index is 0.0111. The summed E-state index contributed by atoms with van der Waals surface area (Å²) in [6.45, 7) is 1.83. The zero-order valence-corrected chi connectivity index (χ0v) is 28.1. The molecule has 2 amide bonds. The normalized spacial score (nSPS) is 11.8. The highest BCUT2D eigenvalue weighted by Gasteiger charge is 2.35. The minimum Gasteiger partial charge on any atom is -0.497 e. The Kier molecular flexibility index (Phi) is 12.5. The molecule has 11 heteroatoms. The summed E-state index contributed by atoms with van der Waals surface area (Å²) >= 11 is 12.9. The van der Waals surface area contributed by atoms with Crippen molar-refractivity contribution in [3.8, 4) is 5.75 Å². The van der Waals surface area contributed by atoms with Crippen molar-refractivity contribution in [2.75, 3.05) is 24.5 Å². The van der Waals surface area contributed by atoms with E-state index >= 15 is 0 Å². The zero-order chi connectivity index (χ0) is 33.1. The van der Waals surface area contributed by atoms with Gasteiger partial charge in [0.05, 0.1) is 27.7 Å². The number of halogens is 2. The van der Waals surface area contributed by atoms with Crippen LogP contribution in [-0.2, 0) is 32.6 Å². The van der Waals surface area contributed by atoms with Crippen molar-refractivity contribution in [3.63, 3.8) is 0 Å². The summed E-state index contributed by atoms with van der Waals surface area (Å²) in [5, 5.41) is 3.09. The molecule has 0 fully saturated rings. The van der Waals surface area contributed by atoms with Crippen LogP contribution in [0, 0.1) is 0 Å². The van der Waals surface area contributed by atoms with E-state index in [4.69, 9.17) is 27.9 Å². The van der Waals surface area contributed by atoms with E-state index in [1.165, 1.54) is 29.2 Å². The van der Waals surface area contributed by atoms with Gasteiger partial charge in [0.1, 0.15) is 18.3 Å². The molecule has 1 atom stereocenters. The van der Waals surface area contributed by atoms with Crippen molar-refractivity contribution in [2.45, 2.75) is 43.7 Å². The molecule has 8 nitrogen and oxygen atoms in total. The van der Waals surface area contributed by atoms with Gasteiger partial charge in [-0.05, 0) is 53.9 Å². The van der Waals surface area contributed by atoms with E-state index in [1.54, 1.807) is 49.6 Å². The number of sulfonamides is 1. The fraction of sp³-hybridized carbons (Fsp3) is 0.257. The van der Waals surface area contributed by atoms with Crippen LogP contribution in [0.2, 0.25) is 10.0 Å². The second-order valence-corrected chi connectivity index (χ2v) is 13.3. The molecule has 0 heterocycles. The van der Waals surface area contributed by atoms with Crippen molar-refractivity contribution in [2.24, 2.45) is 0 Å². The van der Waals surface area contributed by atoms with Crippen molar-refractivity contribution >= 4 is 50.7 Å². The molecule has 0 aromatic heterocycles. The summed E-state index contributed by atoms with van der Waals surface area (Å²) in [7, 11) is -2.76. The molecule has 0 spiro atoms. The average molecular weight is 683 g/mol. The number of hydrogen-bond acceptors (Lipinski definition) is 5. The number of hydrogen-bond donors (Lipinski definition) is 1. The molecule has 46 heavy (non-hydrogen) atoms. The molecule has 0 aliphatic rings. The van der Waals surface area contributed by atoms with Gasteiger partial charge in [0, 0.05) is 19.5 Å². The molecule has 0 saturated carbocycles. The first-order valence-corrected chi connectivity index (χ1v) is 17.1. The third-order valence-electron chi connectivity index (χ3n) is 7.40. The van der Waals surface area contributed by atoms with Crippen LogP contribution in [-0.4, -0.2) is 51.4 Å². The number of carbonyl (C=O) groups is 2. The number of ether oxygens (including phenoxy) is 1. The van der Waals surface area contributed by atoms with Crippen LogP contribution in [0.4, 0.5) is 5.69 Å². The lowest BCUT2D eigenvalue weighted by Crippen LogP contribution is -2.53. The van der Waals surface area contributed by atoms with Gasteiger partial charge in [-0.2, -0.15) is 0 Å². The van der Waals surface area contributed by atoms with Gasteiger partial charge in [0.25, 0.3) is 10.0 Å². The zero-order valence-electron chi connectivity index (χ0n) is 25.7. The Morgan fingerprint density at radius 3 is 2.20 bits per heavy atom. The topological polar surface area (TPSA) is 96.0 Å². The Morgan fingerprint density at radius 2 is 1.52 bits per heavy atom. The van der Waals surface area contributed by atoms with E-state index in [1.807, 2.05) is 43.3 Å². The van der Waals surface area contributed by atoms with E-state index in [2.05, 4.69) is 5.32 Å². The van der Waals surface area contributed by atoms with Crippen LogP contribution in [0.25, 0.3) is 0 Å². The van der Waals surface area contributed by atoms with E-state index in [9.17, 15) is 18.0 Å². The second-order valence-electron chi connectivity index (χ2n) is 10.6. The van der Waals surface area contributed by atoms with E-state index in [0.29, 0.717) is 17.9 Å². The summed E-state index contributed by atoms with van der Waals surface area (Å²) in [4.78, 5) is 29.8. The summed E-state index contributed by atoms with van der Waals surface area (Å²) < 4.78 is 34.6. The molecule has 242 valence electrons. The molecule has 0 aliphatic heterocycles. The quantitative estimate of drug-likeness (QED) is 0.140. The predicted molar refractivity (Wildman–Crippen MR) is 183 cm³/mol. The highest BCUT2D eigenvalue weighted by molar-refractivity contribution is 7.92. The van der Waals surface area contributed by atoms with E-state index < -0.39 is 28.5 Å². The van der Waals surface area contributed by atoms with Crippen molar-refractivity contribution in [1.82, 2.24) is 10.2 Å². The van der Waals surface area contributed by atoms with Gasteiger partial charge < -0.3 is 15.0 Å². The summed E-state index contributed by atoms with van der Waals surface area (Å²) in [6, 6.07) is 28.0. The molecular formula is C35H37Cl2N3O5S. The van der Waals surface area contributed by atoms with Crippen molar-refractivity contribution in [3.05, 3.63) is 124 Å². The van der Waals surface area contributed by atoms with Gasteiger partial charge in [0.15, 0.2) is 0 Å². The maximum Gasteiger partial charge on any atom is 0.264 e. The maximum absolute atomic E-state index is 14.6. The molecule has 1 N–H and O–H groups in total. The Morgan fingerprint density at radius 1 is 0.870 bits per heavy atom. The van der Waals surface area contributed by atoms with Crippen LogP contribution >= 0.6 is 23.2 Å². The van der Waals surface area contributed by atoms with E-state index in [-0.39, 0.29) is 39.5 Å². The summed E-state index contributed by atoms with van der Waals surface area (Å²) in [6.07, 6.45) is 1.85. The van der Waals surface area contributed by atoms with Gasteiger partial charge >= 0.3 is 0 Å². The van der Waals surface area contributed by atoms with Gasteiger partial charge in [-0.1, -0.05) is 103 Å². The second kappa shape index (κ2) is 16.5. The minimum atomic E-state index is -4.31. The standard InChI is InChI=1S/C35H37Cl2N3O5S/c1-3-4-21-38-35(42)32(23-26-13-7-5-8-14-26)39(24-27-15-11-16-28(22-27)45-2)33(41)25-40(31-20-12-19-30(36)34(31)37)46(43,44)29-17-9-6-10-18-29/h5-20,22,32H,3-4,21,23-25H2,1-2H3,(H,38,42). The number of nitrogens with one attached hydrogen (secondary N) is 1. The molecule has 4 aromatic carbocycles. The first kappa shape index (κ1) is 34.8. The molecule has 4 rings (SSSR count). The maximum atomic E-state index is 14.6. The monoisotopic (exact) mass is 681 g/mol. The number of methoxy groups -OCH3 is 1. The lowest BCUT2D eigenvalue weighted by Gasteiger charge is -2.34. The van der Waals surface area contributed by atoms with Crippen LogP contribution in [0.5, 0.6) is 5.75 Å². The van der Waals surface area contributed by atoms with Gasteiger partial charge in [-0.3, -0.25) is 13.9 Å². The van der Waals surface area contributed by atoms with Crippen LogP contribution in [0.15, 0.2) is 108 Å². The molecule has 0 aliphatic carbocycles. The lowest BCUT2D eigenvalue weighted by molar-refractivity contribution is -0.140. The fourth-order valence-corrected chi connectivity index (χ4v) is 6.84. The predicted octanol–water partition coefficient (Wildman–Crippen LogP) is 6.75. The number of nitrogens with zero attached hydrogens (tertiary/aromatic N) is 2. The van der Waals surface area contributed by atoms with Crippen molar-refractivity contribution in [1.29, 1.82) is 0 Å². The van der Waals surface area contributed by atoms with Gasteiger partial charge in [-0.15, -0.1) is 0 Å². The van der Waals surface area contributed by atoms with Crippen LogP contribution in [0.1, 0.15) is 30.9 Å².